The highest BCUT2D eigenvalue weighted by molar-refractivity contribution is 5.96. The molecule has 0 fully saturated rings. The molecule has 0 saturated heterocycles. The number of rotatable bonds is 9. The van der Waals surface area contributed by atoms with Crippen molar-refractivity contribution < 1.29 is 19.2 Å². The van der Waals surface area contributed by atoms with Gasteiger partial charge in [0.25, 0.3) is 11.6 Å². The van der Waals surface area contributed by atoms with Crippen molar-refractivity contribution in [3.63, 3.8) is 0 Å². The number of nitro groups is 1. The van der Waals surface area contributed by atoms with Crippen LogP contribution in [-0.2, 0) is 0 Å². The number of anilines is 1. The second-order valence-electron chi connectivity index (χ2n) is 5.94. The number of carbonyl (C=O) groups excluding carboxylic acids is 1. The molecule has 0 aromatic heterocycles. The minimum Gasteiger partial charge on any atom is -0.493 e. The van der Waals surface area contributed by atoms with Crippen LogP contribution in [0.15, 0.2) is 41.5 Å². The smallest absolute Gasteiger partial charge is 0.271 e. The van der Waals surface area contributed by atoms with E-state index in [4.69, 9.17) is 9.47 Å². The summed E-state index contributed by atoms with van der Waals surface area (Å²) < 4.78 is 10.3. The van der Waals surface area contributed by atoms with Crippen molar-refractivity contribution in [1.29, 1.82) is 0 Å². The Hall–Kier alpha value is -3.62. The first-order valence-electron chi connectivity index (χ1n) is 9.03. The molecular formula is C20H24N4O5. The van der Waals surface area contributed by atoms with Crippen molar-refractivity contribution in [3.8, 4) is 11.5 Å². The predicted molar refractivity (Wildman–Crippen MR) is 111 cm³/mol. The number of ether oxygens (including phenoxy) is 2. The highest BCUT2D eigenvalue weighted by Crippen LogP contribution is 2.27. The second-order valence-corrected chi connectivity index (χ2v) is 5.94. The van der Waals surface area contributed by atoms with Gasteiger partial charge in [-0.15, -0.1) is 0 Å². The Morgan fingerprint density at radius 1 is 1.14 bits per heavy atom. The third kappa shape index (κ3) is 5.22. The Kier molecular flexibility index (Phi) is 7.53. The topological polar surface area (TPSA) is 106 Å². The number of hydrazone groups is 1. The van der Waals surface area contributed by atoms with E-state index in [-0.39, 0.29) is 5.69 Å². The van der Waals surface area contributed by atoms with Gasteiger partial charge in [0, 0.05) is 42.0 Å². The number of hydrogen-bond acceptors (Lipinski definition) is 7. The molecule has 9 nitrogen and oxygen atoms in total. The highest BCUT2D eigenvalue weighted by atomic mass is 16.6. The molecule has 0 aliphatic heterocycles. The van der Waals surface area contributed by atoms with Crippen LogP contribution in [0.4, 0.5) is 11.4 Å². The molecule has 0 unspecified atom stereocenters. The van der Waals surface area contributed by atoms with Crippen molar-refractivity contribution in [2.45, 2.75) is 13.8 Å². The molecule has 0 bridgehead atoms. The van der Waals surface area contributed by atoms with E-state index in [0.717, 1.165) is 18.8 Å². The van der Waals surface area contributed by atoms with Crippen LogP contribution in [0.25, 0.3) is 0 Å². The molecule has 154 valence electrons. The summed E-state index contributed by atoms with van der Waals surface area (Å²) >= 11 is 0. The molecule has 29 heavy (non-hydrogen) atoms. The summed E-state index contributed by atoms with van der Waals surface area (Å²) in [5.41, 5.74) is 4.05. The van der Waals surface area contributed by atoms with Gasteiger partial charge in [0.15, 0.2) is 11.5 Å². The highest BCUT2D eigenvalue weighted by Gasteiger charge is 2.14. The van der Waals surface area contributed by atoms with Gasteiger partial charge >= 0.3 is 0 Å². The molecule has 1 N–H and O–H groups in total. The summed E-state index contributed by atoms with van der Waals surface area (Å²) in [6, 6.07) is 9.31. The largest absolute Gasteiger partial charge is 0.493 e. The molecule has 9 heteroatoms. The van der Waals surface area contributed by atoms with E-state index >= 15 is 0 Å². The van der Waals surface area contributed by atoms with Gasteiger partial charge in [-0.3, -0.25) is 14.9 Å². The van der Waals surface area contributed by atoms with Crippen LogP contribution in [0.1, 0.15) is 29.8 Å². The quantitative estimate of drug-likeness (QED) is 0.393. The summed E-state index contributed by atoms with van der Waals surface area (Å²) in [7, 11) is 2.99. The maximum Gasteiger partial charge on any atom is 0.271 e. The number of nitrogens with zero attached hydrogens (tertiary/aromatic N) is 3. The summed E-state index contributed by atoms with van der Waals surface area (Å²) in [6.07, 6.45) is 1.40. The Labute approximate surface area is 169 Å². The number of nitrogens with one attached hydrogen (secondary N) is 1. The Bertz CT molecular complexity index is 910. The summed E-state index contributed by atoms with van der Waals surface area (Å²) in [5, 5.41) is 15.1. The van der Waals surface area contributed by atoms with Gasteiger partial charge in [-0.1, -0.05) is 0 Å². The standard InChI is InChI=1S/C20H24N4O5/c1-5-23(6-2)17-9-8-16(24(26)27)11-15(17)13-21-22-20(25)14-7-10-18(28-3)19(12-14)29-4/h7-13H,5-6H2,1-4H3,(H,22,25)/b21-13-. The van der Waals surface area contributed by atoms with E-state index in [2.05, 4.69) is 10.5 Å². The van der Waals surface area contributed by atoms with Crippen molar-refractivity contribution in [2.75, 3.05) is 32.2 Å². The molecule has 1 amide bonds. The molecule has 0 radical (unpaired) electrons. The molecule has 0 aliphatic rings. The van der Waals surface area contributed by atoms with E-state index in [1.54, 1.807) is 24.3 Å². The number of nitro benzene ring substituents is 1. The minimum absolute atomic E-state index is 0.0476. The van der Waals surface area contributed by atoms with Crippen LogP contribution in [-0.4, -0.2) is 44.4 Å². The van der Waals surface area contributed by atoms with Gasteiger partial charge in [-0.2, -0.15) is 5.10 Å². The fraction of sp³-hybridized carbons (Fsp3) is 0.300. The van der Waals surface area contributed by atoms with Gasteiger partial charge in [0.1, 0.15) is 0 Å². The molecule has 2 aromatic rings. The van der Waals surface area contributed by atoms with Crippen molar-refractivity contribution in [3.05, 3.63) is 57.6 Å². The lowest BCUT2D eigenvalue weighted by Gasteiger charge is -2.22. The Morgan fingerprint density at radius 2 is 1.83 bits per heavy atom. The third-order valence-electron chi connectivity index (χ3n) is 4.34. The number of benzene rings is 2. The molecule has 0 aliphatic carbocycles. The molecule has 0 atom stereocenters. The molecule has 0 heterocycles. The summed E-state index contributed by atoms with van der Waals surface area (Å²) in [6.45, 7) is 5.44. The molecule has 0 spiro atoms. The number of hydrogen-bond donors (Lipinski definition) is 1. The normalized spacial score (nSPS) is 10.6. The first-order valence-corrected chi connectivity index (χ1v) is 9.03. The van der Waals surface area contributed by atoms with E-state index < -0.39 is 10.8 Å². The molecular weight excluding hydrogens is 376 g/mol. The number of carbonyl (C=O) groups is 1. The fourth-order valence-corrected chi connectivity index (χ4v) is 2.81. The summed E-state index contributed by atoms with van der Waals surface area (Å²) in [5.74, 6) is 0.483. The Balaban J connectivity index is 2.25. The van der Waals surface area contributed by atoms with Crippen LogP contribution in [0.3, 0.4) is 0 Å². The molecule has 2 aromatic carbocycles. The first-order chi connectivity index (χ1) is 13.9. The van der Waals surface area contributed by atoms with E-state index in [9.17, 15) is 14.9 Å². The second kappa shape index (κ2) is 10.1. The monoisotopic (exact) mass is 400 g/mol. The lowest BCUT2D eigenvalue weighted by Crippen LogP contribution is -2.23. The van der Waals surface area contributed by atoms with Gasteiger partial charge in [0.05, 0.1) is 25.4 Å². The van der Waals surface area contributed by atoms with Crippen molar-refractivity contribution >= 4 is 23.5 Å². The van der Waals surface area contributed by atoms with Gasteiger partial charge in [0.2, 0.25) is 0 Å². The first kappa shape index (κ1) is 21.7. The predicted octanol–water partition coefficient (Wildman–Crippen LogP) is 3.22. The maximum absolute atomic E-state index is 12.4. The average molecular weight is 400 g/mol. The average Bonchev–Trinajstić information content (AvgIpc) is 2.74. The van der Waals surface area contributed by atoms with Crippen LogP contribution < -0.4 is 19.8 Å². The zero-order valence-electron chi connectivity index (χ0n) is 16.8. The SMILES string of the molecule is CCN(CC)c1ccc([N+](=O)[O-])cc1/C=N\NC(=O)c1ccc(OC)c(OC)c1. The molecule has 0 saturated carbocycles. The maximum atomic E-state index is 12.4. The van der Waals surface area contributed by atoms with E-state index in [0.29, 0.717) is 22.6 Å². The van der Waals surface area contributed by atoms with Crippen LogP contribution in [0.2, 0.25) is 0 Å². The number of amides is 1. The number of methoxy groups -OCH3 is 2. The van der Waals surface area contributed by atoms with Gasteiger partial charge in [-0.05, 0) is 38.1 Å². The van der Waals surface area contributed by atoms with Crippen molar-refractivity contribution in [1.82, 2.24) is 5.43 Å². The third-order valence-corrected chi connectivity index (χ3v) is 4.34. The lowest BCUT2D eigenvalue weighted by molar-refractivity contribution is -0.384. The van der Waals surface area contributed by atoms with Crippen LogP contribution in [0, 0.1) is 10.1 Å². The lowest BCUT2D eigenvalue weighted by atomic mass is 10.1. The van der Waals surface area contributed by atoms with E-state index in [1.807, 2.05) is 18.7 Å². The molecule has 2 rings (SSSR count). The fourth-order valence-electron chi connectivity index (χ4n) is 2.81. The van der Waals surface area contributed by atoms with Gasteiger partial charge < -0.3 is 14.4 Å². The number of non-ortho nitro benzene ring substituents is 1. The van der Waals surface area contributed by atoms with E-state index in [1.165, 1.54) is 32.6 Å². The van der Waals surface area contributed by atoms with Crippen molar-refractivity contribution in [2.24, 2.45) is 5.10 Å². The zero-order chi connectivity index (χ0) is 21.4. The Morgan fingerprint density at radius 3 is 2.41 bits per heavy atom. The van der Waals surface area contributed by atoms with Gasteiger partial charge in [-0.25, -0.2) is 5.43 Å². The summed E-state index contributed by atoms with van der Waals surface area (Å²) in [4.78, 5) is 25.1. The minimum atomic E-state index is -0.467. The van der Waals surface area contributed by atoms with Crippen LogP contribution in [0.5, 0.6) is 11.5 Å². The van der Waals surface area contributed by atoms with Crippen LogP contribution >= 0.6 is 0 Å². The zero-order valence-corrected chi connectivity index (χ0v) is 16.8.